The summed E-state index contributed by atoms with van der Waals surface area (Å²) in [5.41, 5.74) is 0. The molecule has 0 radical (unpaired) electrons. The molecule has 3 rings (SSSR count). The van der Waals surface area contributed by atoms with Crippen molar-refractivity contribution in [2.45, 2.75) is 6.10 Å². The summed E-state index contributed by atoms with van der Waals surface area (Å²) in [4.78, 5) is 10.4. The van der Waals surface area contributed by atoms with Crippen molar-refractivity contribution in [3.63, 3.8) is 0 Å². The second kappa shape index (κ2) is 5.14. The Morgan fingerprint density at radius 3 is 2.16 bits per heavy atom. The first kappa shape index (κ1) is 13.8. The van der Waals surface area contributed by atoms with Crippen LogP contribution in [0, 0.1) is 10.4 Å². The molecular weight excluding hydrogens is 277 g/mol. The lowest BCUT2D eigenvalue weighted by Crippen LogP contribution is -2.21. The lowest BCUT2D eigenvalue weighted by Gasteiger charge is -2.05. The van der Waals surface area contributed by atoms with Crippen LogP contribution >= 0.6 is 0 Å². The Morgan fingerprint density at radius 2 is 1.89 bits per heavy atom. The molecule has 104 valence electrons. The van der Waals surface area contributed by atoms with E-state index in [4.69, 9.17) is 0 Å². The van der Waals surface area contributed by atoms with E-state index in [1.54, 1.807) is 0 Å². The van der Waals surface area contributed by atoms with Gasteiger partial charge in [0.05, 0.1) is 12.8 Å². The third-order valence-electron chi connectivity index (χ3n) is 2.52. The van der Waals surface area contributed by atoms with E-state index in [1.165, 1.54) is 10.4 Å². The monoisotopic (exact) mass is 289 g/mol. The molecule has 0 N–H and O–H groups in total. The van der Waals surface area contributed by atoms with Gasteiger partial charge in [0.25, 0.3) is 10.1 Å². The van der Waals surface area contributed by atoms with E-state index in [0.29, 0.717) is 0 Å². The van der Waals surface area contributed by atoms with Crippen LogP contribution in [0.4, 0.5) is 9.28 Å². The first-order chi connectivity index (χ1) is 8.85. The van der Waals surface area contributed by atoms with Gasteiger partial charge in [0, 0.05) is 0 Å². The van der Waals surface area contributed by atoms with Gasteiger partial charge in [-0.3, -0.25) is 4.18 Å². The molecule has 8 heteroatoms. The van der Waals surface area contributed by atoms with Gasteiger partial charge in [0.1, 0.15) is 12.7 Å². The van der Waals surface area contributed by atoms with Gasteiger partial charge in [-0.15, -0.1) is 5.12 Å². The average Bonchev–Trinajstić information content (AvgIpc) is 2.61. The van der Waals surface area contributed by atoms with Crippen LogP contribution in [0.1, 0.15) is 0 Å². The summed E-state index contributed by atoms with van der Waals surface area (Å²) in [6, 6.07) is 8.48. The molecule has 1 atom stereocenters. The largest absolute Gasteiger partial charge is 0.440 e. The highest BCUT2D eigenvalue weighted by Crippen LogP contribution is 2.11. The third kappa shape index (κ3) is 3.65. The molecule has 2 aliphatic carbocycles. The lowest BCUT2D eigenvalue weighted by atomic mass is 10.1. The number of rotatable bonds is 3. The summed E-state index contributed by atoms with van der Waals surface area (Å²) in [5, 5.41) is 2.71. The van der Waals surface area contributed by atoms with E-state index in [1.807, 2.05) is 0 Å². The minimum Gasteiger partial charge on any atom is -0.440 e. The van der Waals surface area contributed by atoms with Gasteiger partial charge >= 0.3 is 6.09 Å². The fourth-order valence-corrected chi connectivity index (χ4v) is 1.84. The zero-order valence-electron chi connectivity index (χ0n) is 10.1. The molecule has 0 saturated carbocycles. The fourth-order valence-electron chi connectivity index (χ4n) is 1.44. The molecule has 0 bridgehead atoms. The van der Waals surface area contributed by atoms with Crippen molar-refractivity contribution in [3.05, 3.63) is 34.7 Å². The number of hydrogen-bond acceptors (Lipinski definition) is 5. The second-order valence-electron chi connectivity index (χ2n) is 4.12. The molecule has 1 saturated heterocycles. The molecule has 1 fully saturated rings. The topological polar surface area (TPSA) is 72.9 Å². The van der Waals surface area contributed by atoms with Crippen molar-refractivity contribution in [2.24, 2.45) is 0 Å². The van der Waals surface area contributed by atoms with Gasteiger partial charge in [-0.25, -0.2) is 4.79 Å². The maximum Gasteiger partial charge on any atom is 0.438 e. The molecule has 0 aromatic rings. The molecule has 1 unspecified atom stereocenters. The van der Waals surface area contributed by atoms with Crippen LogP contribution < -0.4 is 0 Å². The predicted octanol–water partition coefficient (Wildman–Crippen LogP) is 0.955. The number of cyclic esters (lactones) is 1. The Kier molecular flexibility index (Phi) is 3.72. The van der Waals surface area contributed by atoms with Crippen molar-refractivity contribution in [1.82, 2.24) is 5.12 Å². The van der Waals surface area contributed by atoms with E-state index in [-0.39, 0.29) is 18.3 Å². The third-order valence-corrected chi connectivity index (χ3v) is 3.08. The first-order valence-corrected chi connectivity index (χ1v) is 7.25. The molecule has 1 amide bonds. The molecule has 19 heavy (non-hydrogen) atoms. The summed E-state index contributed by atoms with van der Waals surface area (Å²) in [5.74, 6) is 0. The highest BCUT2D eigenvalue weighted by molar-refractivity contribution is 7.85. The predicted molar refractivity (Wildman–Crippen MR) is 63.0 cm³/mol. The van der Waals surface area contributed by atoms with Gasteiger partial charge in [-0.1, -0.05) is 28.7 Å². The number of halogens is 1. The maximum absolute atomic E-state index is 12.3. The summed E-state index contributed by atoms with van der Waals surface area (Å²) in [7, 11) is -3.58. The number of carbonyl (C=O) groups is 1. The maximum atomic E-state index is 12.3. The van der Waals surface area contributed by atoms with Crippen molar-refractivity contribution in [1.29, 1.82) is 0 Å². The fraction of sp³-hybridized carbons (Fsp3) is 0.364. The van der Waals surface area contributed by atoms with Crippen LogP contribution in [0.2, 0.25) is 0 Å². The van der Waals surface area contributed by atoms with Crippen molar-refractivity contribution >= 4 is 16.2 Å². The minimum atomic E-state index is -3.58. The average molecular weight is 289 g/mol. The smallest absolute Gasteiger partial charge is 0.438 e. The van der Waals surface area contributed by atoms with Gasteiger partial charge in [-0.2, -0.15) is 8.42 Å². The van der Waals surface area contributed by atoms with E-state index in [0.717, 1.165) is 6.26 Å². The standard InChI is InChI=1S/C6H4.C5H8FNO5S/c1-2-6-4-3-5(1)6;1-13(9,10)11-3-4-2-7(6)5(8)12-4/h1-4H;4H,2-3H2,1H3. The molecule has 1 aliphatic heterocycles. The molecule has 0 spiro atoms. The first-order valence-electron chi connectivity index (χ1n) is 5.44. The van der Waals surface area contributed by atoms with Crippen molar-refractivity contribution in [2.75, 3.05) is 19.4 Å². The van der Waals surface area contributed by atoms with Crippen LogP contribution in [0.25, 0.3) is 0 Å². The Morgan fingerprint density at radius 1 is 1.37 bits per heavy atom. The Bertz CT molecular complexity index is 624. The Labute approximate surface area is 109 Å². The molecule has 0 aromatic heterocycles. The van der Waals surface area contributed by atoms with Crippen LogP contribution in [0.15, 0.2) is 24.3 Å². The molecule has 1 heterocycles. The number of ether oxygens (including phenoxy) is 1. The van der Waals surface area contributed by atoms with E-state index in [2.05, 4.69) is 33.2 Å². The summed E-state index contributed by atoms with van der Waals surface area (Å²) in [6.07, 6.45) is -1.13. The number of amides is 1. The normalized spacial score (nSPS) is 19.6. The van der Waals surface area contributed by atoms with E-state index >= 15 is 0 Å². The summed E-state index contributed by atoms with van der Waals surface area (Å²) < 4.78 is 42.0. The Hall–Kier alpha value is -1.67. The SMILES string of the molecule is CS(=O)(=O)OCC1CN(F)C(=O)O1.c1cc2ccc1=2. The lowest BCUT2D eigenvalue weighted by molar-refractivity contribution is 0.0720. The van der Waals surface area contributed by atoms with Crippen LogP contribution in [0.5, 0.6) is 0 Å². The van der Waals surface area contributed by atoms with Crippen LogP contribution in [-0.4, -0.2) is 45.1 Å². The molecule has 3 aliphatic rings. The highest BCUT2D eigenvalue weighted by Gasteiger charge is 2.32. The van der Waals surface area contributed by atoms with Crippen molar-refractivity contribution in [3.8, 4) is 0 Å². The Balaban J connectivity index is 0.000000180. The van der Waals surface area contributed by atoms with Crippen LogP contribution in [0.3, 0.4) is 0 Å². The molecular formula is C11H12FNO5S. The van der Waals surface area contributed by atoms with Gasteiger partial charge < -0.3 is 4.74 Å². The van der Waals surface area contributed by atoms with Gasteiger partial charge in [-0.05, 0) is 10.4 Å². The number of hydrogen-bond donors (Lipinski definition) is 0. The number of nitrogens with zero attached hydrogens (tertiary/aromatic N) is 1. The summed E-state index contributed by atoms with van der Waals surface area (Å²) >= 11 is 0. The quantitative estimate of drug-likeness (QED) is 0.621. The summed E-state index contributed by atoms with van der Waals surface area (Å²) in [6.45, 7) is -0.667. The second-order valence-corrected chi connectivity index (χ2v) is 5.76. The number of carbonyl (C=O) groups excluding carboxylic acids is 1. The number of benzene rings is 1. The highest BCUT2D eigenvalue weighted by atomic mass is 32.2. The van der Waals surface area contributed by atoms with Gasteiger partial charge in [0.2, 0.25) is 0 Å². The zero-order chi connectivity index (χ0) is 14.0. The van der Waals surface area contributed by atoms with Gasteiger partial charge in [0.15, 0.2) is 0 Å². The molecule has 0 aromatic carbocycles. The van der Waals surface area contributed by atoms with Crippen LogP contribution in [-0.2, 0) is 19.0 Å². The van der Waals surface area contributed by atoms with E-state index < -0.39 is 22.3 Å². The minimum absolute atomic E-state index is 0.143. The van der Waals surface area contributed by atoms with Crippen molar-refractivity contribution < 1.29 is 26.6 Å². The van der Waals surface area contributed by atoms with E-state index in [9.17, 15) is 17.7 Å². The zero-order valence-corrected chi connectivity index (χ0v) is 10.9. The molecule has 6 nitrogen and oxygen atoms in total.